The lowest BCUT2D eigenvalue weighted by atomic mass is 9.89. The van der Waals surface area contributed by atoms with Gasteiger partial charge in [0.15, 0.2) is 0 Å². The van der Waals surface area contributed by atoms with Crippen LogP contribution in [0.1, 0.15) is 50.5 Å². The van der Waals surface area contributed by atoms with Gasteiger partial charge >= 0.3 is 0 Å². The molecule has 1 aromatic rings. The highest BCUT2D eigenvalue weighted by Crippen LogP contribution is 2.40. The maximum atomic E-state index is 12.4. The molecule has 30 heavy (non-hydrogen) atoms. The molecule has 1 aromatic carbocycles. The van der Waals surface area contributed by atoms with Crippen molar-refractivity contribution in [3.05, 3.63) is 23.8 Å². The highest BCUT2D eigenvalue weighted by Gasteiger charge is 2.43. The predicted octanol–water partition coefficient (Wildman–Crippen LogP) is 3.24. The van der Waals surface area contributed by atoms with Gasteiger partial charge in [-0.2, -0.15) is 0 Å². The second kappa shape index (κ2) is 8.04. The van der Waals surface area contributed by atoms with Crippen molar-refractivity contribution in [3.8, 4) is 5.75 Å². The molecule has 6 heteroatoms. The van der Waals surface area contributed by atoms with Crippen LogP contribution in [0.3, 0.4) is 0 Å². The lowest BCUT2D eigenvalue weighted by molar-refractivity contribution is -0.231. The molecule has 3 heterocycles. The number of benzene rings is 1. The Morgan fingerprint density at radius 2 is 1.90 bits per heavy atom. The van der Waals surface area contributed by atoms with E-state index < -0.39 is 5.79 Å². The molecule has 1 saturated carbocycles. The summed E-state index contributed by atoms with van der Waals surface area (Å²) < 4.78 is 12.8. The highest BCUT2D eigenvalue weighted by atomic mass is 16.7. The normalized spacial score (nSPS) is 26.6. The molecular formula is C24H35N3O3. The quantitative estimate of drug-likeness (QED) is 0.761. The van der Waals surface area contributed by atoms with Crippen molar-refractivity contribution in [1.29, 1.82) is 0 Å². The summed E-state index contributed by atoms with van der Waals surface area (Å²) in [7, 11) is 3.70. The lowest BCUT2D eigenvalue weighted by Gasteiger charge is -2.47. The van der Waals surface area contributed by atoms with Crippen LogP contribution in [0.5, 0.6) is 5.75 Å². The Balaban J connectivity index is 1.24. The molecule has 0 N–H and O–H groups in total. The van der Waals surface area contributed by atoms with E-state index in [1.807, 2.05) is 14.1 Å². The maximum absolute atomic E-state index is 12.4. The van der Waals surface area contributed by atoms with Crippen LogP contribution in [0.2, 0.25) is 0 Å². The predicted molar refractivity (Wildman–Crippen MR) is 117 cm³/mol. The van der Waals surface area contributed by atoms with Gasteiger partial charge in [0.25, 0.3) is 0 Å². The molecule has 3 aliphatic heterocycles. The first-order chi connectivity index (χ1) is 14.5. The topological polar surface area (TPSA) is 45.2 Å². The van der Waals surface area contributed by atoms with E-state index in [0.29, 0.717) is 6.61 Å². The molecule has 1 aliphatic carbocycles. The third-order valence-corrected chi connectivity index (χ3v) is 7.56. The third-order valence-electron chi connectivity index (χ3n) is 7.56. The van der Waals surface area contributed by atoms with E-state index in [1.165, 1.54) is 24.9 Å². The molecule has 3 fully saturated rings. The van der Waals surface area contributed by atoms with Crippen LogP contribution in [-0.4, -0.2) is 67.8 Å². The lowest BCUT2D eigenvalue weighted by Crippen LogP contribution is -2.54. The van der Waals surface area contributed by atoms with Crippen molar-refractivity contribution in [1.82, 2.24) is 9.80 Å². The molecule has 164 valence electrons. The zero-order valence-electron chi connectivity index (χ0n) is 18.4. The first kappa shape index (κ1) is 20.1. The van der Waals surface area contributed by atoms with E-state index >= 15 is 0 Å². The second-order valence-corrected chi connectivity index (χ2v) is 9.73. The van der Waals surface area contributed by atoms with Crippen LogP contribution in [0.4, 0.5) is 5.69 Å². The van der Waals surface area contributed by atoms with Crippen LogP contribution in [0, 0.1) is 5.92 Å². The molecule has 1 spiro atoms. The summed E-state index contributed by atoms with van der Waals surface area (Å²) in [6.45, 7) is 4.55. The van der Waals surface area contributed by atoms with Gasteiger partial charge in [-0.25, -0.2) is 0 Å². The van der Waals surface area contributed by atoms with Crippen molar-refractivity contribution >= 4 is 11.6 Å². The SMILES string of the molecule is CN(C)C(=O)C1CCCN(c2ccc3c(c2)COC2(CCN(C4CCC4)CC2)O3)C1. The fourth-order valence-electron chi connectivity index (χ4n) is 5.42. The van der Waals surface area contributed by atoms with E-state index in [0.717, 1.165) is 69.2 Å². The van der Waals surface area contributed by atoms with Crippen LogP contribution >= 0.6 is 0 Å². The van der Waals surface area contributed by atoms with E-state index in [9.17, 15) is 4.79 Å². The number of anilines is 1. The molecule has 4 aliphatic rings. The molecule has 0 bridgehead atoms. The summed E-state index contributed by atoms with van der Waals surface area (Å²) >= 11 is 0. The summed E-state index contributed by atoms with van der Waals surface area (Å²) in [6.07, 6.45) is 8.03. The fourth-order valence-corrected chi connectivity index (χ4v) is 5.42. The number of fused-ring (bicyclic) bond motifs is 1. The Labute approximate surface area is 180 Å². The van der Waals surface area contributed by atoms with Crippen molar-refractivity contribution < 1.29 is 14.3 Å². The number of hydrogen-bond donors (Lipinski definition) is 0. The van der Waals surface area contributed by atoms with E-state index in [2.05, 4.69) is 28.0 Å². The van der Waals surface area contributed by atoms with Gasteiger partial charge in [-0.1, -0.05) is 6.42 Å². The van der Waals surface area contributed by atoms with Crippen molar-refractivity contribution in [2.75, 3.05) is 45.2 Å². The van der Waals surface area contributed by atoms with Crippen LogP contribution in [0.25, 0.3) is 0 Å². The molecule has 1 atom stereocenters. The van der Waals surface area contributed by atoms with Crippen molar-refractivity contribution in [3.63, 3.8) is 0 Å². The zero-order valence-corrected chi connectivity index (χ0v) is 18.4. The molecule has 0 aromatic heterocycles. The van der Waals surface area contributed by atoms with Crippen LogP contribution in [0.15, 0.2) is 18.2 Å². The van der Waals surface area contributed by atoms with Gasteiger partial charge in [-0.15, -0.1) is 0 Å². The first-order valence-electron chi connectivity index (χ1n) is 11.7. The van der Waals surface area contributed by atoms with Gasteiger partial charge in [0, 0.05) is 70.4 Å². The summed E-state index contributed by atoms with van der Waals surface area (Å²) in [4.78, 5) is 19.1. The standard InChI is InChI=1S/C24H35N3O3/c1-25(2)23(28)18-5-4-12-27(16-18)21-8-9-22-19(15-21)17-29-24(30-22)10-13-26(14-11-24)20-6-3-7-20/h8-9,15,18,20H,3-7,10-14,16-17H2,1-2H3. The highest BCUT2D eigenvalue weighted by molar-refractivity contribution is 5.79. The molecular weight excluding hydrogens is 378 g/mol. The molecule has 5 rings (SSSR count). The first-order valence-corrected chi connectivity index (χ1v) is 11.7. The number of nitrogens with zero attached hydrogens (tertiary/aromatic N) is 3. The number of hydrogen-bond acceptors (Lipinski definition) is 5. The molecule has 0 radical (unpaired) electrons. The Hall–Kier alpha value is -1.79. The number of piperidine rings is 2. The number of ether oxygens (including phenoxy) is 2. The van der Waals surface area contributed by atoms with Gasteiger partial charge in [0.05, 0.1) is 12.5 Å². The summed E-state index contributed by atoms with van der Waals surface area (Å²) in [5.74, 6) is 0.851. The Bertz CT molecular complexity index is 784. The van der Waals surface area contributed by atoms with Gasteiger partial charge in [0.2, 0.25) is 11.7 Å². The number of carbonyl (C=O) groups excluding carboxylic acids is 1. The Kier molecular flexibility index (Phi) is 5.40. The van der Waals surface area contributed by atoms with Gasteiger partial charge in [-0.3, -0.25) is 9.69 Å². The van der Waals surface area contributed by atoms with Crippen LogP contribution in [-0.2, 0) is 16.1 Å². The van der Waals surface area contributed by atoms with E-state index in [1.54, 1.807) is 4.90 Å². The summed E-state index contributed by atoms with van der Waals surface area (Å²) in [6, 6.07) is 7.27. The largest absolute Gasteiger partial charge is 0.462 e. The van der Waals surface area contributed by atoms with E-state index in [-0.39, 0.29) is 11.8 Å². The summed E-state index contributed by atoms with van der Waals surface area (Å²) in [5, 5.41) is 0. The smallest absolute Gasteiger partial charge is 0.226 e. The minimum absolute atomic E-state index is 0.0846. The maximum Gasteiger partial charge on any atom is 0.226 e. The summed E-state index contributed by atoms with van der Waals surface area (Å²) in [5.41, 5.74) is 2.30. The second-order valence-electron chi connectivity index (χ2n) is 9.73. The van der Waals surface area contributed by atoms with Crippen molar-refractivity contribution in [2.24, 2.45) is 5.92 Å². The molecule has 2 saturated heterocycles. The number of rotatable bonds is 3. The van der Waals surface area contributed by atoms with E-state index in [4.69, 9.17) is 9.47 Å². The molecule has 6 nitrogen and oxygen atoms in total. The van der Waals surface area contributed by atoms with Crippen molar-refractivity contribution in [2.45, 2.75) is 63.4 Å². The monoisotopic (exact) mass is 413 g/mol. The molecule has 1 unspecified atom stereocenters. The van der Waals surface area contributed by atoms with Gasteiger partial charge in [0.1, 0.15) is 5.75 Å². The number of likely N-dealkylation sites (tertiary alicyclic amines) is 1. The van der Waals surface area contributed by atoms with Gasteiger partial charge in [-0.05, 0) is 43.9 Å². The minimum atomic E-state index is -0.441. The minimum Gasteiger partial charge on any atom is -0.462 e. The fraction of sp³-hybridized carbons (Fsp3) is 0.708. The number of carbonyl (C=O) groups is 1. The van der Waals surface area contributed by atoms with Crippen LogP contribution < -0.4 is 9.64 Å². The Morgan fingerprint density at radius 1 is 1.10 bits per heavy atom. The Morgan fingerprint density at radius 3 is 2.60 bits per heavy atom. The molecule has 1 amide bonds. The third kappa shape index (κ3) is 3.80. The zero-order chi connectivity index (χ0) is 20.7. The number of amides is 1. The average Bonchev–Trinajstić information content (AvgIpc) is 2.73. The van der Waals surface area contributed by atoms with Gasteiger partial charge < -0.3 is 19.3 Å². The average molecular weight is 414 g/mol.